The molecule has 132 valence electrons. The summed E-state index contributed by atoms with van der Waals surface area (Å²) < 4.78 is 0. The molecule has 2 aliphatic rings. The first-order valence-electron chi connectivity index (χ1n) is 9.12. The molecule has 0 spiro atoms. The number of nitrogens with one attached hydrogen (secondary N) is 1. The zero-order valence-electron chi connectivity index (χ0n) is 15.7. The van der Waals surface area contributed by atoms with E-state index in [0.29, 0.717) is 5.92 Å². The molecule has 3 nitrogen and oxygen atoms in total. The van der Waals surface area contributed by atoms with Gasteiger partial charge in [-0.15, -0.1) is 0 Å². The number of likely N-dealkylation sites (N-methyl/N-ethyl adjacent to an activating group) is 1. The highest BCUT2D eigenvalue weighted by molar-refractivity contribution is 6.07. The lowest BCUT2D eigenvalue weighted by Gasteiger charge is -2.26. The van der Waals surface area contributed by atoms with Crippen LogP contribution in [-0.2, 0) is 4.79 Å². The van der Waals surface area contributed by atoms with Crippen LogP contribution in [0.1, 0.15) is 39.2 Å². The third-order valence-corrected chi connectivity index (χ3v) is 5.22. The van der Waals surface area contributed by atoms with Gasteiger partial charge < -0.3 is 10.2 Å². The highest BCUT2D eigenvalue weighted by Crippen LogP contribution is 2.27. The summed E-state index contributed by atoms with van der Waals surface area (Å²) in [5.41, 5.74) is 6.85. The Kier molecular flexibility index (Phi) is 5.24. The second-order valence-electron chi connectivity index (χ2n) is 7.46. The van der Waals surface area contributed by atoms with Crippen LogP contribution in [0.2, 0.25) is 0 Å². The van der Waals surface area contributed by atoms with Gasteiger partial charge in [-0.2, -0.15) is 0 Å². The van der Waals surface area contributed by atoms with E-state index in [4.69, 9.17) is 0 Å². The van der Waals surface area contributed by atoms with Crippen LogP contribution in [0.5, 0.6) is 0 Å². The topological polar surface area (TPSA) is 32.3 Å². The summed E-state index contributed by atoms with van der Waals surface area (Å²) in [5.74, 6) is 0.408. The zero-order valence-corrected chi connectivity index (χ0v) is 15.7. The van der Waals surface area contributed by atoms with Crippen molar-refractivity contribution in [3.63, 3.8) is 0 Å². The van der Waals surface area contributed by atoms with Crippen molar-refractivity contribution in [3.8, 4) is 0 Å². The Morgan fingerprint density at radius 3 is 2.64 bits per heavy atom. The fourth-order valence-corrected chi connectivity index (χ4v) is 3.50. The fourth-order valence-electron chi connectivity index (χ4n) is 3.50. The average molecular weight is 336 g/mol. The van der Waals surface area contributed by atoms with Crippen molar-refractivity contribution in [2.24, 2.45) is 5.92 Å². The van der Waals surface area contributed by atoms with Gasteiger partial charge in [0.05, 0.1) is 0 Å². The second-order valence-corrected chi connectivity index (χ2v) is 7.46. The van der Waals surface area contributed by atoms with E-state index in [1.165, 1.54) is 16.7 Å². The number of rotatable bonds is 3. The van der Waals surface area contributed by atoms with Crippen LogP contribution in [0.4, 0.5) is 5.69 Å². The molecule has 1 N–H and O–H groups in total. The summed E-state index contributed by atoms with van der Waals surface area (Å²) in [5, 5.41) is 3.04. The first-order valence-corrected chi connectivity index (χ1v) is 9.12. The highest BCUT2D eigenvalue weighted by Gasteiger charge is 2.17. The number of nitrogens with zero attached hydrogens (tertiary/aromatic N) is 1. The minimum atomic E-state index is -0.0131. The van der Waals surface area contributed by atoms with E-state index < -0.39 is 0 Å². The molecule has 0 saturated heterocycles. The quantitative estimate of drug-likeness (QED) is 0.871. The van der Waals surface area contributed by atoms with Crippen LogP contribution in [0, 0.1) is 5.92 Å². The van der Waals surface area contributed by atoms with Crippen molar-refractivity contribution in [1.29, 1.82) is 0 Å². The minimum absolute atomic E-state index is 0.0131. The number of amides is 1. The smallest absolute Gasteiger partial charge is 0.255 e. The molecule has 3 rings (SSSR count). The van der Waals surface area contributed by atoms with Gasteiger partial charge in [-0.3, -0.25) is 4.79 Å². The molecule has 1 unspecified atom stereocenters. The van der Waals surface area contributed by atoms with Crippen molar-refractivity contribution in [2.45, 2.75) is 33.6 Å². The van der Waals surface area contributed by atoms with E-state index in [1.54, 1.807) is 0 Å². The number of anilines is 1. The van der Waals surface area contributed by atoms with Crippen LogP contribution in [0.3, 0.4) is 0 Å². The fraction of sp³-hybridized carbons (Fsp3) is 0.409. The van der Waals surface area contributed by atoms with Gasteiger partial charge in [-0.1, -0.05) is 36.8 Å². The Labute approximate surface area is 151 Å². The molecule has 25 heavy (non-hydrogen) atoms. The molecule has 0 fully saturated rings. The monoisotopic (exact) mass is 336 g/mol. The lowest BCUT2D eigenvalue weighted by molar-refractivity contribution is -0.112. The number of carbonyl (C=O) groups excluding carboxylic acids is 1. The lowest BCUT2D eigenvalue weighted by Crippen LogP contribution is -2.26. The molecule has 0 radical (unpaired) electrons. The van der Waals surface area contributed by atoms with Crippen molar-refractivity contribution in [2.75, 3.05) is 25.5 Å². The Balaban J connectivity index is 1.73. The third-order valence-electron chi connectivity index (χ3n) is 5.22. The lowest BCUT2D eigenvalue weighted by atomic mass is 9.92. The summed E-state index contributed by atoms with van der Waals surface area (Å²) in [4.78, 5) is 14.9. The maximum atomic E-state index is 12.6. The standard InChI is InChI=1S/C22H28N2O/c1-15-5-6-16(2)20(13-15)22(25)23-19-9-7-18(8-10-19)21-14-24(4)12-11-17(21)3/h6-10,13,15H,5,11-12,14H2,1-4H3,(H,23,25). The molecule has 0 saturated carbocycles. The normalized spacial score (nSPS) is 21.7. The van der Waals surface area contributed by atoms with Crippen LogP contribution in [0.25, 0.3) is 5.57 Å². The van der Waals surface area contributed by atoms with E-state index in [-0.39, 0.29) is 5.91 Å². The van der Waals surface area contributed by atoms with Gasteiger partial charge in [0.25, 0.3) is 5.91 Å². The van der Waals surface area contributed by atoms with Gasteiger partial charge in [-0.05, 0) is 68.5 Å². The van der Waals surface area contributed by atoms with Gasteiger partial charge in [0.15, 0.2) is 0 Å². The molecule has 1 aromatic rings. The van der Waals surface area contributed by atoms with E-state index in [0.717, 1.165) is 42.8 Å². The number of hydrogen-bond acceptors (Lipinski definition) is 2. The zero-order chi connectivity index (χ0) is 18.0. The van der Waals surface area contributed by atoms with Gasteiger partial charge in [-0.25, -0.2) is 0 Å². The Hall–Kier alpha value is -2.13. The van der Waals surface area contributed by atoms with Crippen LogP contribution >= 0.6 is 0 Å². The second kappa shape index (κ2) is 7.40. The van der Waals surface area contributed by atoms with E-state index in [1.807, 2.05) is 19.1 Å². The first kappa shape index (κ1) is 17.7. The first-order chi connectivity index (χ1) is 11.9. The summed E-state index contributed by atoms with van der Waals surface area (Å²) in [6.45, 7) is 8.50. The van der Waals surface area contributed by atoms with E-state index in [2.05, 4.69) is 55.4 Å². The van der Waals surface area contributed by atoms with Gasteiger partial charge in [0.2, 0.25) is 0 Å². The van der Waals surface area contributed by atoms with Gasteiger partial charge in [0.1, 0.15) is 0 Å². The van der Waals surface area contributed by atoms with Crippen LogP contribution in [0.15, 0.2) is 53.1 Å². The third kappa shape index (κ3) is 4.10. The number of benzene rings is 1. The van der Waals surface area contributed by atoms with Crippen LogP contribution in [-0.4, -0.2) is 30.9 Å². The SMILES string of the molecule is CC1=CCC(C)C=C1C(=O)Nc1ccc(C2=C(C)CCN(C)C2)cc1. The summed E-state index contributed by atoms with van der Waals surface area (Å²) in [6.07, 6.45) is 6.37. The maximum Gasteiger partial charge on any atom is 0.255 e. The number of carbonyl (C=O) groups is 1. The molecular weight excluding hydrogens is 308 g/mol. The van der Waals surface area contributed by atoms with Gasteiger partial charge in [0, 0.05) is 24.4 Å². The largest absolute Gasteiger partial charge is 0.322 e. The molecule has 1 aliphatic carbocycles. The van der Waals surface area contributed by atoms with Crippen molar-refractivity contribution in [3.05, 3.63) is 58.7 Å². The molecule has 1 atom stereocenters. The van der Waals surface area contributed by atoms with Crippen molar-refractivity contribution < 1.29 is 4.79 Å². The average Bonchev–Trinajstić information content (AvgIpc) is 2.60. The molecule has 1 heterocycles. The summed E-state index contributed by atoms with van der Waals surface area (Å²) in [7, 11) is 2.16. The highest BCUT2D eigenvalue weighted by atomic mass is 16.1. The molecule has 0 bridgehead atoms. The predicted molar refractivity (Wildman–Crippen MR) is 105 cm³/mol. The number of hydrogen-bond donors (Lipinski definition) is 1. The van der Waals surface area contributed by atoms with E-state index in [9.17, 15) is 4.79 Å². The summed E-state index contributed by atoms with van der Waals surface area (Å²) in [6, 6.07) is 8.25. The Bertz CT molecular complexity index is 753. The molecular formula is C22H28N2O. The Morgan fingerprint density at radius 1 is 1.20 bits per heavy atom. The van der Waals surface area contributed by atoms with Crippen LogP contribution < -0.4 is 5.32 Å². The van der Waals surface area contributed by atoms with Crippen molar-refractivity contribution >= 4 is 17.2 Å². The molecule has 0 aromatic heterocycles. The van der Waals surface area contributed by atoms with E-state index >= 15 is 0 Å². The predicted octanol–water partition coefficient (Wildman–Crippen LogP) is 4.65. The molecule has 1 amide bonds. The molecule has 1 aromatic carbocycles. The number of allylic oxidation sites excluding steroid dienone is 2. The van der Waals surface area contributed by atoms with Gasteiger partial charge >= 0.3 is 0 Å². The maximum absolute atomic E-state index is 12.6. The minimum Gasteiger partial charge on any atom is -0.322 e. The Morgan fingerprint density at radius 2 is 1.92 bits per heavy atom. The summed E-state index contributed by atoms with van der Waals surface area (Å²) >= 11 is 0. The van der Waals surface area contributed by atoms with Crippen molar-refractivity contribution in [1.82, 2.24) is 4.90 Å². The molecule has 1 aliphatic heterocycles. The molecule has 3 heteroatoms.